The molecule has 1 heterocycles. The van der Waals surface area contributed by atoms with Crippen molar-refractivity contribution in [3.63, 3.8) is 0 Å². The second kappa shape index (κ2) is 5.62. The second-order valence-electron chi connectivity index (χ2n) is 4.75. The summed E-state index contributed by atoms with van der Waals surface area (Å²) in [4.78, 5) is 15.4. The molecule has 0 saturated heterocycles. The Bertz CT molecular complexity index is 890. The Morgan fingerprint density at radius 2 is 2.05 bits per heavy atom. The fourth-order valence-corrected chi connectivity index (χ4v) is 2.24. The van der Waals surface area contributed by atoms with Crippen LogP contribution in [0.5, 0.6) is 5.75 Å². The van der Waals surface area contributed by atoms with Crippen molar-refractivity contribution in [2.24, 2.45) is 0 Å². The molecule has 2 N–H and O–H groups in total. The molecule has 0 aliphatic carbocycles. The van der Waals surface area contributed by atoms with Gasteiger partial charge in [0.2, 0.25) is 0 Å². The van der Waals surface area contributed by atoms with E-state index in [9.17, 15) is 4.79 Å². The second-order valence-corrected chi connectivity index (χ2v) is 4.75. The van der Waals surface area contributed by atoms with Crippen molar-refractivity contribution < 1.29 is 9.53 Å². The van der Waals surface area contributed by atoms with Crippen LogP contribution in [-0.2, 0) is 0 Å². The zero-order chi connectivity index (χ0) is 15.5. The average molecular weight is 291 g/mol. The van der Waals surface area contributed by atoms with Gasteiger partial charge >= 0.3 is 0 Å². The van der Waals surface area contributed by atoms with Crippen LogP contribution in [0.25, 0.3) is 10.9 Å². The molecule has 0 saturated carbocycles. The van der Waals surface area contributed by atoms with Gasteiger partial charge in [-0.1, -0.05) is 12.1 Å². The van der Waals surface area contributed by atoms with Crippen LogP contribution in [0, 0.1) is 11.3 Å². The Kier molecular flexibility index (Phi) is 3.50. The number of rotatable bonds is 3. The van der Waals surface area contributed by atoms with Gasteiger partial charge in [-0.05, 0) is 36.4 Å². The van der Waals surface area contributed by atoms with Crippen molar-refractivity contribution in [2.45, 2.75) is 0 Å². The van der Waals surface area contributed by atoms with Gasteiger partial charge in [0, 0.05) is 10.9 Å². The number of aromatic nitrogens is 1. The lowest BCUT2D eigenvalue weighted by Gasteiger charge is -2.05. The van der Waals surface area contributed by atoms with Crippen LogP contribution >= 0.6 is 0 Å². The number of hydrogen-bond acceptors (Lipinski definition) is 3. The minimum atomic E-state index is -0.294. The van der Waals surface area contributed by atoms with Crippen LogP contribution in [0.4, 0.5) is 5.69 Å². The molecule has 3 rings (SSSR count). The number of nitriles is 1. The lowest BCUT2D eigenvalue weighted by Crippen LogP contribution is -2.13. The van der Waals surface area contributed by atoms with E-state index in [1.165, 1.54) is 0 Å². The number of aromatic amines is 1. The average Bonchev–Trinajstić information content (AvgIpc) is 2.98. The number of H-pyrrole nitrogens is 1. The SMILES string of the molecule is COc1ccc2[nH]c(C(=O)Nc3ccccc3C#N)cc2c1. The highest BCUT2D eigenvalue weighted by Gasteiger charge is 2.12. The molecule has 0 fully saturated rings. The predicted molar refractivity (Wildman–Crippen MR) is 84.0 cm³/mol. The first-order valence-electron chi connectivity index (χ1n) is 6.68. The fourth-order valence-electron chi connectivity index (χ4n) is 2.24. The fraction of sp³-hybridized carbons (Fsp3) is 0.0588. The van der Waals surface area contributed by atoms with Crippen molar-refractivity contribution >= 4 is 22.5 Å². The summed E-state index contributed by atoms with van der Waals surface area (Å²) in [6.45, 7) is 0. The Morgan fingerprint density at radius 1 is 1.23 bits per heavy atom. The lowest BCUT2D eigenvalue weighted by atomic mass is 10.2. The summed E-state index contributed by atoms with van der Waals surface area (Å²) in [7, 11) is 1.60. The summed E-state index contributed by atoms with van der Waals surface area (Å²) in [5, 5.41) is 12.7. The van der Waals surface area contributed by atoms with Gasteiger partial charge in [-0.2, -0.15) is 5.26 Å². The Balaban J connectivity index is 1.91. The van der Waals surface area contributed by atoms with E-state index in [1.807, 2.05) is 18.2 Å². The number of hydrogen-bond donors (Lipinski definition) is 2. The number of carbonyl (C=O) groups is 1. The number of ether oxygens (including phenoxy) is 1. The highest BCUT2D eigenvalue weighted by atomic mass is 16.5. The molecule has 5 nitrogen and oxygen atoms in total. The van der Waals surface area contributed by atoms with Crippen molar-refractivity contribution in [3.8, 4) is 11.8 Å². The van der Waals surface area contributed by atoms with Gasteiger partial charge in [0.05, 0.1) is 18.4 Å². The molecule has 0 aliphatic heterocycles. The summed E-state index contributed by atoms with van der Waals surface area (Å²) in [5.74, 6) is 0.436. The molecule has 0 radical (unpaired) electrons. The molecule has 1 aromatic heterocycles. The van der Waals surface area contributed by atoms with Crippen molar-refractivity contribution in [2.75, 3.05) is 12.4 Å². The topological polar surface area (TPSA) is 77.9 Å². The molecule has 5 heteroatoms. The quantitative estimate of drug-likeness (QED) is 0.777. The van der Waals surface area contributed by atoms with Crippen molar-refractivity contribution in [3.05, 3.63) is 59.8 Å². The summed E-state index contributed by atoms with van der Waals surface area (Å²) in [5.41, 5.74) is 2.19. The molecular weight excluding hydrogens is 278 g/mol. The van der Waals surface area contributed by atoms with E-state index in [-0.39, 0.29) is 5.91 Å². The number of fused-ring (bicyclic) bond motifs is 1. The highest BCUT2D eigenvalue weighted by molar-refractivity contribution is 6.06. The molecule has 0 unspecified atom stereocenters. The Hall–Kier alpha value is -3.26. The van der Waals surface area contributed by atoms with Crippen LogP contribution in [0.2, 0.25) is 0 Å². The third-order valence-electron chi connectivity index (χ3n) is 3.37. The molecule has 0 spiro atoms. The number of amides is 1. The van der Waals surface area contributed by atoms with E-state index in [4.69, 9.17) is 10.00 Å². The third-order valence-corrected chi connectivity index (χ3v) is 3.37. The van der Waals surface area contributed by atoms with E-state index in [0.717, 1.165) is 16.7 Å². The maximum Gasteiger partial charge on any atom is 0.272 e. The summed E-state index contributed by atoms with van der Waals surface area (Å²) in [6.07, 6.45) is 0. The molecule has 108 valence electrons. The third kappa shape index (κ3) is 2.50. The van der Waals surface area contributed by atoms with E-state index in [0.29, 0.717) is 16.9 Å². The van der Waals surface area contributed by atoms with Gasteiger partial charge in [-0.3, -0.25) is 4.79 Å². The van der Waals surface area contributed by atoms with Gasteiger partial charge in [0.15, 0.2) is 0 Å². The van der Waals surface area contributed by atoms with Gasteiger partial charge in [-0.25, -0.2) is 0 Å². The standard InChI is InChI=1S/C17H13N3O2/c1-22-13-6-7-15-12(8-13)9-16(19-15)17(21)20-14-5-3-2-4-11(14)10-18/h2-9,19H,1H3,(H,20,21). The Labute approximate surface area is 127 Å². The Morgan fingerprint density at radius 3 is 2.82 bits per heavy atom. The van der Waals surface area contributed by atoms with Gasteiger partial charge in [0.25, 0.3) is 5.91 Å². The zero-order valence-corrected chi connectivity index (χ0v) is 11.9. The number of nitrogens with one attached hydrogen (secondary N) is 2. The molecule has 1 amide bonds. The summed E-state index contributed by atoms with van der Waals surface area (Å²) >= 11 is 0. The molecule has 2 aromatic carbocycles. The first kappa shape index (κ1) is 13.7. The predicted octanol–water partition coefficient (Wildman–Crippen LogP) is 3.30. The van der Waals surface area contributed by atoms with Crippen LogP contribution < -0.4 is 10.1 Å². The van der Waals surface area contributed by atoms with Crippen LogP contribution in [0.15, 0.2) is 48.5 Å². The van der Waals surface area contributed by atoms with Crippen LogP contribution in [0.3, 0.4) is 0 Å². The lowest BCUT2D eigenvalue weighted by molar-refractivity contribution is 0.102. The van der Waals surface area contributed by atoms with Gasteiger partial charge < -0.3 is 15.0 Å². The number of para-hydroxylation sites is 1. The molecule has 0 bridgehead atoms. The molecule has 22 heavy (non-hydrogen) atoms. The van der Waals surface area contributed by atoms with E-state index >= 15 is 0 Å². The smallest absolute Gasteiger partial charge is 0.272 e. The molecular formula is C17H13N3O2. The van der Waals surface area contributed by atoms with Gasteiger partial charge in [-0.15, -0.1) is 0 Å². The maximum atomic E-state index is 12.3. The molecule has 3 aromatic rings. The van der Waals surface area contributed by atoms with Crippen molar-refractivity contribution in [1.82, 2.24) is 4.98 Å². The minimum Gasteiger partial charge on any atom is -0.497 e. The number of anilines is 1. The first-order valence-corrected chi connectivity index (χ1v) is 6.68. The maximum absolute atomic E-state index is 12.3. The highest BCUT2D eigenvalue weighted by Crippen LogP contribution is 2.22. The minimum absolute atomic E-state index is 0.294. The largest absolute Gasteiger partial charge is 0.497 e. The number of nitrogens with zero attached hydrogens (tertiary/aromatic N) is 1. The first-order chi connectivity index (χ1) is 10.7. The molecule has 0 atom stereocenters. The van der Waals surface area contributed by atoms with Gasteiger partial charge in [0.1, 0.15) is 17.5 Å². The monoisotopic (exact) mass is 291 g/mol. The zero-order valence-electron chi connectivity index (χ0n) is 11.9. The van der Waals surface area contributed by atoms with Crippen LogP contribution in [-0.4, -0.2) is 18.0 Å². The van der Waals surface area contributed by atoms with Crippen LogP contribution in [0.1, 0.15) is 16.1 Å². The molecule has 0 aliphatic rings. The van der Waals surface area contributed by atoms with Crippen molar-refractivity contribution in [1.29, 1.82) is 5.26 Å². The number of methoxy groups -OCH3 is 1. The summed E-state index contributed by atoms with van der Waals surface area (Å²) < 4.78 is 5.17. The van der Waals surface area contributed by atoms with E-state index < -0.39 is 0 Å². The van der Waals surface area contributed by atoms with E-state index in [1.54, 1.807) is 37.4 Å². The number of carbonyl (C=O) groups excluding carboxylic acids is 1. The van der Waals surface area contributed by atoms with E-state index in [2.05, 4.69) is 16.4 Å². The number of benzene rings is 2. The normalized spacial score (nSPS) is 10.2. The summed E-state index contributed by atoms with van der Waals surface area (Å²) in [6, 6.07) is 16.2.